The highest BCUT2D eigenvalue weighted by Crippen LogP contribution is 2.25. The molecule has 82 valence electrons. The molecule has 4 nitrogen and oxygen atoms in total. The summed E-state index contributed by atoms with van der Waals surface area (Å²) in [6, 6.07) is 6.62. The van der Waals surface area contributed by atoms with Crippen molar-refractivity contribution in [3.8, 4) is 11.1 Å². The Hall–Kier alpha value is -2.10. The molecule has 0 atom stereocenters. The molecule has 0 aliphatic carbocycles. The molecule has 0 bridgehead atoms. The smallest absolute Gasteiger partial charge is 0.269 e. The number of nitro groups is 1. The Morgan fingerprint density at radius 2 is 1.81 bits per heavy atom. The highest BCUT2D eigenvalue weighted by atomic mass is 16.6. The third kappa shape index (κ3) is 1.82. The lowest BCUT2D eigenvalue weighted by atomic mass is 10.1. The highest BCUT2D eigenvalue weighted by Gasteiger charge is 2.07. The number of hydrogen-bond donors (Lipinski definition) is 0. The van der Waals surface area contributed by atoms with Crippen molar-refractivity contribution in [2.24, 2.45) is 7.05 Å². The van der Waals surface area contributed by atoms with Crippen molar-refractivity contribution in [2.45, 2.75) is 6.92 Å². The minimum Gasteiger partial charge on any atom is -0.356 e. The van der Waals surface area contributed by atoms with Gasteiger partial charge < -0.3 is 4.57 Å². The summed E-state index contributed by atoms with van der Waals surface area (Å²) in [4.78, 5) is 10.1. The van der Waals surface area contributed by atoms with Gasteiger partial charge in [-0.05, 0) is 30.2 Å². The van der Waals surface area contributed by atoms with Crippen molar-refractivity contribution < 1.29 is 4.92 Å². The predicted octanol–water partition coefficient (Wildman–Crippen LogP) is 2.91. The average Bonchev–Trinajstić information content (AvgIpc) is 2.58. The lowest BCUT2D eigenvalue weighted by Crippen LogP contribution is -1.87. The van der Waals surface area contributed by atoms with Gasteiger partial charge in [-0.1, -0.05) is 0 Å². The first-order chi connectivity index (χ1) is 7.58. The first kappa shape index (κ1) is 10.4. The van der Waals surface area contributed by atoms with Crippen LogP contribution in [0.2, 0.25) is 0 Å². The molecule has 0 aliphatic heterocycles. The summed E-state index contributed by atoms with van der Waals surface area (Å²) in [5.41, 5.74) is 3.40. The van der Waals surface area contributed by atoms with Gasteiger partial charge in [0.15, 0.2) is 0 Å². The van der Waals surface area contributed by atoms with Gasteiger partial charge >= 0.3 is 0 Å². The lowest BCUT2D eigenvalue weighted by Gasteiger charge is -1.99. The second kappa shape index (κ2) is 3.81. The van der Waals surface area contributed by atoms with Crippen LogP contribution in [0.25, 0.3) is 11.1 Å². The molecule has 1 heterocycles. The fourth-order valence-electron chi connectivity index (χ4n) is 1.78. The number of rotatable bonds is 2. The monoisotopic (exact) mass is 216 g/mol. The summed E-state index contributed by atoms with van der Waals surface area (Å²) in [6.45, 7) is 2.02. The van der Waals surface area contributed by atoms with Gasteiger partial charge in [0.25, 0.3) is 5.69 Å². The van der Waals surface area contributed by atoms with Crippen LogP contribution in [0.4, 0.5) is 5.69 Å². The summed E-state index contributed by atoms with van der Waals surface area (Å²) < 4.78 is 1.98. The van der Waals surface area contributed by atoms with Crippen molar-refractivity contribution >= 4 is 5.69 Å². The SMILES string of the molecule is Cc1cn(C)cc1-c1ccc([N+](=O)[O-])cc1. The fourth-order valence-corrected chi connectivity index (χ4v) is 1.78. The molecular weight excluding hydrogens is 204 g/mol. The van der Waals surface area contributed by atoms with Crippen molar-refractivity contribution in [1.82, 2.24) is 4.57 Å². The molecule has 0 radical (unpaired) electrons. The normalized spacial score (nSPS) is 10.4. The van der Waals surface area contributed by atoms with Crippen LogP contribution in [-0.4, -0.2) is 9.49 Å². The minimum atomic E-state index is -0.387. The van der Waals surface area contributed by atoms with Crippen LogP contribution in [0.3, 0.4) is 0 Å². The van der Waals surface area contributed by atoms with Crippen LogP contribution < -0.4 is 0 Å². The van der Waals surface area contributed by atoms with Gasteiger partial charge in [-0.2, -0.15) is 0 Å². The van der Waals surface area contributed by atoms with Crippen LogP contribution in [-0.2, 0) is 7.05 Å². The van der Waals surface area contributed by atoms with Gasteiger partial charge in [0.2, 0.25) is 0 Å². The molecule has 16 heavy (non-hydrogen) atoms. The lowest BCUT2D eigenvalue weighted by molar-refractivity contribution is -0.384. The number of hydrogen-bond acceptors (Lipinski definition) is 2. The van der Waals surface area contributed by atoms with E-state index >= 15 is 0 Å². The summed E-state index contributed by atoms with van der Waals surface area (Å²) in [5.74, 6) is 0. The summed E-state index contributed by atoms with van der Waals surface area (Å²) >= 11 is 0. The van der Waals surface area contributed by atoms with E-state index < -0.39 is 0 Å². The van der Waals surface area contributed by atoms with Gasteiger partial charge in [-0.15, -0.1) is 0 Å². The van der Waals surface area contributed by atoms with Gasteiger partial charge in [-0.3, -0.25) is 10.1 Å². The molecule has 0 aliphatic rings. The van der Waals surface area contributed by atoms with Crippen molar-refractivity contribution in [3.05, 3.63) is 52.3 Å². The Labute approximate surface area is 93.3 Å². The molecule has 0 fully saturated rings. The molecule has 0 saturated heterocycles. The van der Waals surface area contributed by atoms with E-state index in [0.717, 1.165) is 16.7 Å². The molecule has 2 aromatic rings. The fraction of sp³-hybridized carbons (Fsp3) is 0.167. The maximum absolute atomic E-state index is 10.5. The average molecular weight is 216 g/mol. The third-order valence-electron chi connectivity index (χ3n) is 2.54. The van der Waals surface area contributed by atoms with Crippen LogP contribution >= 0.6 is 0 Å². The second-order valence-corrected chi connectivity index (χ2v) is 3.82. The molecule has 0 saturated carbocycles. The van der Waals surface area contributed by atoms with E-state index in [-0.39, 0.29) is 10.6 Å². The van der Waals surface area contributed by atoms with E-state index in [2.05, 4.69) is 0 Å². The molecule has 4 heteroatoms. The molecule has 0 unspecified atom stereocenters. The standard InChI is InChI=1S/C12H12N2O2/c1-9-7-13(2)8-12(9)10-3-5-11(6-4-10)14(15)16/h3-8H,1-2H3. The molecule has 1 aromatic carbocycles. The molecule has 1 aromatic heterocycles. The topological polar surface area (TPSA) is 48.1 Å². The van der Waals surface area contributed by atoms with Crippen LogP contribution in [0, 0.1) is 17.0 Å². The Morgan fingerprint density at radius 3 is 2.25 bits per heavy atom. The molecular formula is C12H12N2O2. The van der Waals surface area contributed by atoms with E-state index in [9.17, 15) is 10.1 Å². The number of nitrogens with zero attached hydrogens (tertiary/aromatic N) is 2. The van der Waals surface area contributed by atoms with Gasteiger partial charge in [-0.25, -0.2) is 0 Å². The van der Waals surface area contributed by atoms with E-state index in [4.69, 9.17) is 0 Å². The van der Waals surface area contributed by atoms with E-state index in [0.29, 0.717) is 0 Å². The molecule has 0 N–H and O–H groups in total. The third-order valence-corrected chi connectivity index (χ3v) is 2.54. The zero-order valence-corrected chi connectivity index (χ0v) is 9.18. The van der Waals surface area contributed by atoms with Crippen LogP contribution in [0.5, 0.6) is 0 Å². The Bertz CT molecular complexity index is 526. The first-order valence-electron chi connectivity index (χ1n) is 4.95. The quantitative estimate of drug-likeness (QED) is 0.572. The second-order valence-electron chi connectivity index (χ2n) is 3.82. The largest absolute Gasteiger partial charge is 0.356 e. The highest BCUT2D eigenvalue weighted by molar-refractivity contribution is 5.67. The van der Waals surface area contributed by atoms with Crippen molar-refractivity contribution in [3.63, 3.8) is 0 Å². The van der Waals surface area contributed by atoms with Crippen molar-refractivity contribution in [1.29, 1.82) is 0 Å². The van der Waals surface area contributed by atoms with Gasteiger partial charge in [0, 0.05) is 37.1 Å². The maximum atomic E-state index is 10.5. The number of benzene rings is 1. The number of nitro benzene ring substituents is 1. The summed E-state index contributed by atoms with van der Waals surface area (Å²) in [6.07, 6.45) is 4.03. The Morgan fingerprint density at radius 1 is 1.19 bits per heavy atom. The zero-order valence-electron chi connectivity index (χ0n) is 9.18. The minimum absolute atomic E-state index is 0.123. The molecule has 0 spiro atoms. The van der Waals surface area contributed by atoms with E-state index in [1.54, 1.807) is 12.1 Å². The van der Waals surface area contributed by atoms with E-state index in [1.165, 1.54) is 12.1 Å². The number of aryl methyl sites for hydroxylation is 2. The summed E-state index contributed by atoms with van der Waals surface area (Å²) in [7, 11) is 1.96. The molecule has 0 amide bonds. The Kier molecular flexibility index (Phi) is 2.48. The predicted molar refractivity (Wildman–Crippen MR) is 62.2 cm³/mol. The zero-order chi connectivity index (χ0) is 11.7. The van der Waals surface area contributed by atoms with Gasteiger partial charge in [0.1, 0.15) is 0 Å². The van der Waals surface area contributed by atoms with Crippen LogP contribution in [0.1, 0.15) is 5.56 Å². The maximum Gasteiger partial charge on any atom is 0.269 e. The Balaban J connectivity index is 2.42. The van der Waals surface area contributed by atoms with E-state index in [1.807, 2.05) is 30.9 Å². The van der Waals surface area contributed by atoms with Gasteiger partial charge in [0.05, 0.1) is 4.92 Å². The summed E-state index contributed by atoms with van der Waals surface area (Å²) in [5, 5.41) is 10.5. The number of aromatic nitrogens is 1. The number of non-ortho nitro benzene ring substituents is 1. The first-order valence-corrected chi connectivity index (χ1v) is 4.95. The molecule has 2 rings (SSSR count). The van der Waals surface area contributed by atoms with Crippen LogP contribution in [0.15, 0.2) is 36.7 Å². The van der Waals surface area contributed by atoms with Crippen molar-refractivity contribution in [2.75, 3.05) is 0 Å².